The van der Waals surface area contributed by atoms with Crippen LogP contribution in [0.15, 0.2) is 12.1 Å². The van der Waals surface area contributed by atoms with Crippen LogP contribution in [0.25, 0.3) is 0 Å². The molecular formula is C12H20ClNOS2. The monoisotopic (exact) mass is 293 g/mol. The van der Waals surface area contributed by atoms with E-state index in [0.29, 0.717) is 5.25 Å². The lowest BCUT2D eigenvalue weighted by Gasteiger charge is -2.21. The fourth-order valence-corrected chi connectivity index (χ4v) is 4.21. The summed E-state index contributed by atoms with van der Waals surface area (Å²) in [5.41, 5.74) is 6.18. The average Bonchev–Trinajstić information content (AvgIpc) is 2.75. The number of hydrogen-bond acceptors (Lipinski definition) is 4. The van der Waals surface area contributed by atoms with E-state index < -0.39 is 0 Å². The minimum Gasteiger partial charge on any atom is -0.385 e. The predicted molar refractivity (Wildman–Crippen MR) is 79.3 cm³/mol. The molecule has 2 N–H and O–H groups in total. The molecule has 0 aromatic carbocycles. The lowest BCUT2D eigenvalue weighted by molar-refractivity contribution is 0.200. The van der Waals surface area contributed by atoms with E-state index >= 15 is 0 Å². The van der Waals surface area contributed by atoms with Gasteiger partial charge in [-0.3, -0.25) is 0 Å². The van der Waals surface area contributed by atoms with Crippen LogP contribution in [0.4, 0.5) is 0 Å². The van der Waals surface area contributed by atoms with Crippen LogP contribution in [0.2, 0.25) is 4.34 Å². The van der Waals surface area contributed by atoms with E-state index in [1.54, 1.807) is 18.4 Å². The van der Waals surface area contributed by atoms with Gasteiger partial charge in [0.05, 0.1) is 9.59 Å². The molecule has 1 aromatic heterocycles. The molecule has 0 aliphatic carbocycles. The maximum atomic E-state index is 6.18. The van der Waals surface area contributed by atoms with Gasteiger partial charge in [-0.05, 0) is 30.7 Å². The van der Waals surface area contributed by atoms with Crippen LogP contribution in [0.1, 0.15) is 29.9 Å². The summed E-state index contributed by atoms with van der Waals surface area (Å²) in [7, 11) is 1.74. The first-order valence-corrected chi connectivity index (χ1v) is 8.04. The van der Waals surface area contributed by atoms with Gasteiger partial charge in [-0.15, -0.1) is 11.3 Å². The van der Waals surface area contributed by atoms with Gasteiger partial charge >= 0.3 is 0 Å². The average molecular weight is 294 g/mol. The number of nitrogens with two attached hydrogens (primary N) is 1. The molecular weight excluding hydrogens is 274 g/mol. The highest BCUT2D eigenvalue weighted by Gasteiger charge is 2.20. The van der Waals surface area contributed by atoms with E-state index in [4.69, 9.17) is 22.1 Å². The molecule has 2 unspecified atom stereocenters. The summed E-state index contributed by atoms with van der Waals surface area (Å²) in [6, 6.07) is 4.24. The number of rotatable bonds is 8. The molecule has 0 fully saturated rings. The summed E-state index contributed by atoms with van der Waals surface area (Å²) in [5, 5.41) is 0.356. The van der Waals surface area contributed by atoms with Crippen LogP contribution in [0.5, 0.6) is 0 Å². The Kier molecular flexibility index (Phi) is 7.55. The van der Waals surface area contributed by atoms with Crippen molar-refractivity contribution in [2.45, 2.75) is 31.1 Å². The Morgan fingerprint density at radius 1 is 1.53 bits per heavy atom. The number of ether oxygens (including phenoxy) is 1. The van der Waals surface area contributed by atoms with Crippen LogP contribution in [0, 0.1) is 0 Å². The Balaban J connectivity index is 2.55. The smallest absolute Gasteiger partial charge is 0.0931 e. The number of hydrogen-bond donors (Lipinski definition) is 1. The Morgan fingerprint density at radius 3 is 2.82 bits per heavy atom. The third kappa shape index (κ3) is 5.18. The highest BCUT2D eigenvalue weighted by atomic mass is 35.5. The van der Waals surface area contributed by atoms with Gasteiger partial charge in [0.15, 0.2) is 0 Å². The van der Waals surface area contributed by atoms with Crippen molar-refractivity contribution in [2.75, 3.05) is 19.5 Å². The summed E-state index contributed by atoms with van der Waals surface area (Å²) in [4.78, 5) is 1.28. The largest absolute Gasteiger partial charge is 0.385 e. The fourth-order valence-electron chi connectivity index (χ4n) is 1.53. The number of halogens is 1. The second-order valence-electron chi connectivity index (χ2n) is 3.85. The third-order valence-corrected chi connectivity index (χ3v) is 5.48. The molecule has 17 heavy (non-hydrogen) atoms. The molecule has 0 amide bonds. The van der Waals surface area contributed by atoms with Crippen molar-refractivity contribution in [1.82, 2.24) is 0 Å². The zero-order valence-electron chi connectivity index (χ0n) is 10.3. The highest BCUT2D eigenvalue weighted by Crippen LogP contribution is 2.38. The molecule has 0 saturated heterocycles. The normalized spacial score (nSPS) is 14.8. The van der Waals surface area contributed by atoms with Gasteiger partial charge in [0.25, 0.3) is 0 Å². The van der Waals surface area contributed by atoms with Crippen molar-refractivity contribution < 1.29 is 4.74 Å². The molecule has 0 bridgehead atoms. The number of methoxy groups -OCH3 is 1. The lowest BCUT2D eigenvalue weighted by Crippen LogP contribution is -2.25. The van der Waals surface area contributed by atoms with E-state index in [-0.39, 0.29) is 6.04 Å². The zero-order valence-corrected chi connectivity index (χ0v) is 12.7. The van der Waals surface area contributed by atoms with Gasteiger partial charge in [-0.2, -0.15) is 11.8 Å². The van der Waals surface area contributed by atoms with E-state index in [1.807, 2.05) is 17.8 Å². The minimum absolute atomic E-state index is 0.192. The van der Waals surface area contributed by atoms with Gasteiger partial charge in [-0.25, -0.2) is 0 Å². The van der Waals surface area contributed by atoms with E-state index in [2.05, 4.69) is 13.0 Å². The number of thioether (sulfide) groups is 1. The van der Waals surface area contributed by atoms with Crippen molar-refractivity contribution in [2.24, 2.45) is 5.73 Å². The second-order valence-corrected chi connectivity index (χ2v) is 6.85. The quantitative estimate of drug-likeness (QED) is 0.737. The first-order valence-electron chi connectivity index (χ1n) is 5.80. The maximum Gasteiger partial charge on any atom is 0.0931 e. The summed E-state index contributed by atoms with van der Waals surface area (Å²) >= 11 is 9.53. The van der Waals surface area contributed by atoms with Crippen molar-refractivity contribution in [1.29, 1.82) is 0 Å². The van der Waals surface area contributed by atoms with Gasteiger partial charge in [0.1, 0.15) is 0 Å². The minimum atomic E-state index is 0.192. The molecule has 2 nitrogen and oxygen atoms in total. The topological polar surface area (TPSA) is 35.2 Å². The third-order valence-electron chi connectivity index (χ3n) is 2.52. The summed E-state index contributed by atoms with van der Waals surface area (Å²) in [6.07, 6.45) is 2.05. The van der Waals surface area contributed by atoms with E-state index in [1.165, 1.54) is 4.88 Å². The molecule has 0 aliphatic rings. The SMILES string of the molecule is CCC(N)C(SCCCOC)c1ccc(Cl)s1. The molecule has 0 radical (unpaired) electrons. The van der Waals surface area contributed by atoms with Crippen molar-refractivity contribution in [3.63, 3.8) is 0 Å². The molecule has 1 heterocycles. The highest BCUT2D eigenvalue weighted by molar-refractivity contribution is 7.99. The summed E-state index contributed by atoms with van der Waals surface area (Å²) in [6.45, 7) is 2.94. The molecule has 5 heteroatoms. The van der Waals surface area contributed by atoms with Crippen molar-refractivity contribution in [3.8, 4) is 0 Å². The van der Waals surface area contributed by atoms with Gasteiger partial charge < -0.3 is 10.5 Å². The Bertz CT molecular complexity index is 319. The Hall–Kier alpha value is 0.260. The predicted octanol–water partition coefficient (Wildman–Crippen LogP) is 3.95. The Morgan fingerprint density at radius 2 is 2.29 bits per heavy atom. The summed E-state index contributed by atoms with van der Waals surface area (Å²) < 4.78 is 5.90. The van der Waals surface area contributed by atoms with Crippen molar-refractivity contribution >= 4 is 34.7 Å². The molecule has 1 rings (SSSR count). The second kappa shape index (κ2) is 8.38. The summed E-state index contributed by atoms with van der Waals surface area (Å²) in [5.74, 6) is 1.07. The van der Waals surface area contributed by atoms with Crippen LogP contribution in [-0.2, 0) is 4.74 Å². The van der Waals surface area contributed by atoms with Crippen LogP contribution >= 0.6 is 34.7 Å². The van der Waals surface area contributed by atoms with Gasteiger partial charge in [0.2, 0.25) is 0 Å². The molecule has 0 aliphatic heterocycles. The zero-order chi connectivity index (χ0) is 12.7. The van der Waals surface area contributed by atoms with Crippen LogP contribution in [-0.4, -0.2) is 25.5 Å². The van der Waals surface area contributed by atoms with Crippen molar-refractivity contribution in [3.05, 3.63) is 21.3 Å². The molecule has 1 aromatic rings. The molecule has 0 spiro atoms. The maximum absolute atomic E-state index is 6.18. The standard InChI is InChI=1S/C12H20ClNOS2/c1-3-9(14)12(16-8-4-7-15-2)10-5-6-11(13)17-10/h5-6,9,12H,3-4,7-8,14H2,1-2H3. The lowest BCUT2D eigenvalue weighted by atomic mass is 10.1. The van der Waals surface area contributed by atoms with Crippen LogP contribution < -0.4 is 5.73 Å². The molecule has 2 atom stereocenters. The first kappa shape index (κ1) is 15.3. The van der Waals surface area contributed by atoms with Gasteiger partial charge in [0, 0.05) is 24.6 Å². The molecule has 98 valence electrons. The number of thiophene rings is 1. The van der Waals surface area contributed by atoms with Gasteiger partial charge in [-0.1, -0.05) is 18.5 Å². The van der Waals surface area contributed by atoms with Crippen LogP contribution in [0.3, 0.4) is 0 Å². The molecule has 0 saturated carbocycles. The fraction of sp³-hybridized carbons (Fsp3) is 0.667. The first-order chi connectivity index (χ1) is 8.19. The van der Waals surface area contributed by atoms with E-state index in [9.17, 15) is 0 Å². The Labute approximate surface area is 117 Å². The van der Waals surface area contributed by atoms with E-state index in [0.717, 1.165) is 29.5 Å².